The van der Waals surface area contributed by atoms with Gasteiger partial charge in [0.1, 0.15) is 5.78 Å². The zero-order valence-electron chi connectivity index (χ0n) is 11.2. The van der Waals surface area contributed by atoms with Crippen molar-refractivity contribution in [1.82, 2.24) is 4.90 Å². The molecular formula is C14H19NO3. The van der Waals surface area contributed by atoms with Gasteiger partial charge >= 0.3 is 0 Å². The Kier molecular flexibility index (Phi) is 3.87. The number of carbonyl (C=O) groups excluding carboxylic acids is 1. The van der Waals surface area contributed by atoms with Crippen LogP contribution in [0, 0.1) is 0 Å². The van der Waals surface area contributed by atoms with Gasteiger partial charge in [0.25, 0.3) is 0 Å². The molecular weight excluding hydrogens is 230 g/mol. The number of nitrogens with zero attached hydrogens (tertiary/aromatic N) is 1. The number of hydrogen-bond acceptors (Lipinski definition) is 4. The van der Waals surface area contributed by atoms with E-state index in [4.69, 9.17) is 9.47 Å². The Bertz CT molecular complexity index is 457. The Morgan fingerprint density at radius 1 is 1.22 bits per heavy atom. The highest BCUT2D eigenvalue weighted by molar-refractivity contribution is 5.77. The van der Waals surface area contributed by atoms with Crippen LogP contribution in [0.1, 0.15) is 18.1 Å². The van der Waals surface area contributed by atoms with Gasteiger partial charge in [-0.25, -0.2) is 0 Å². The van der Waals surface area contributed by atoms with Gasteiger partial charge in [0.15, 0.2) is 11.5 Å². The van der Waals surface area contributed by atoms with E-state index in [1.54, 1.807) is 21.1 Å². The molecule has 0 amide bonds. The molecule has 0 bridgehead atoms. The number of carbonyl (C=O) groups is 1. The second-order valence-corrected chi connectivity index (χ2v) is 4.64. The first kappa shape index (κ1) is 12.9. The second-order valence-electron chi connectivity index (χ2n) is 4.64. The Hall–Kier alpha value is -1.55. The van der Waals surface area contributed by atoms with Crippen molar-refractivity contribution in [3.05, 3.63) is 23.3 Å². The molecule has 1 aromatic rings. The first-order valence-corrected chi connectivity index (χ1v) is 6.09. The average Bonchev–Trinajstić information content (AvgIpc) is 2.36. The number of methoxy groups -OCH3 is 2. The topological polar surface area (TPSA) is 38.8 Å². The van der Waals surface area contributed by atoms with Gasteiger partial charge in [0.05, 0.1) is 20.8 Å². The van der Waals surface area contributed by atoms with Gasteiger partial charge < -0.3 is 9.47 Å². The number of benzene rings is 1. The third-order valence-electron chi connectivity index (χ3n) is 3.24. The molecule has 1 aromatic carbocycles. The molecule has 1 aliphatic heterocycles. The third kappa shape index (κ3) is 2.64. The molecule has 0 atom stereocenters. The number of ketones is 1. The maximum atomic E-state index is 11.2. The summed E-state index contributed by atoms with van der Waals surface area (Å²) in [5.74, 6) is 1.73. The van der Waals surface area contributed by atoms with Crippen LogP contribution < -0.4 is 9.47 Å². The van der Waals surface area contributed by atoms with Crippen LogP contribution in [-0.4, -0.2) is 38.0 Å². The van der Waals surface area contributed by atoms with Crippen LogP contribution in [0.2, 0.25) is 0 Å². The molecule has 4 heteroatoms. The van der Waals surface area contributed by atoms with Crippen molar-refractivity contribution in [3.8, 4) is 11.5 Å². The van der Waals surface area contributed by atoms with E-state index in [2.05, 4.69) is 4.90 Å². The molecule has 0 N–H and O–H groups in total. The lowest BCUT2D eigenvalue weighted by molar-refractivity contribution is -0.118. The van der Waals surface area contributed by atoms with E-state index in [1.807, 2.05) is 12.1 Å². The number of fused-ring (bicyclic) bond motifs is 1. The average molecular weight is 249 g/mol. The van der Waals surface area contributed by atoms with Crippen LogP contribution in [0.5, 0.6) is 11.5 Å². The van der Waals surface area contributed by atoms with Crippen molar-refractivity contribution in [2.45, 2.75) is 19.9 Å². The SMILES string of the molecule is COc1cc2c(cc1OC)CN(CC(C)=O)CC2. The van der Waals surface area contributed by atoms with Crippen LogP contribution in [0.25, 0.3) is 0 Å². The summed E-state index contributed by atoms with van der Waals surface area (Å²) < 4.78 is 10.6. The number of ether oxygens (including phenoxy) is 2. The highest BCUT2D eigenvalue weighted by Gasteiger charge is 2.19. The fraction of sp³-hybridized carbons (Fsp3) is 0.500. The quantitative estimate of drug-likeness (QED) is 0.813. The van der Waals surface area contributed by atoms with E-state index in [0.717, 1.165) is 31.0 Å². The normalized spacial score (nSPS) is 15.1. The molecule has 0 spiro atoms. The Labute approximate surface area is 107 Å². The summed E-state index contributed by atoms with van der Waals surface area (Å²) in [4.78, 5) is 13.3. The smallest absolute Gasteiger partial charge is 0.161 e. The number of Topliss-reactive ketones (excluding diaryl/α,β-unsaturated/α-hetero) is 1. The van der Waals surface area contributed by atoms with E-state index in [1.165, 1.54) is 11.1 Å². The largest absolute Gasteiger partial charge is 0.493 e. The second kappa shape index (κ2) is 5.40. The maximum Gasteiger partial charge on any atom is 0.161 e. The van der Waals surface area contributed by atoms with Crippen molar-refractivity contribution >= 4 is 5.78 Å². The van der Waals surface area contributed by atoms with Gasteiger partial charge in [-0.3, -0.25) is 9.69 Å². The summed E-state index contributed by atoms with van der Waals surface area (Å²) in [6.07, 6.45) is 0.947. The highest BCUT2D eigenvalue weighted by atomic mass is 16.5. The minimum Gasteiger partial charge on any atom is -0.493 e. The standard InChI is InChI=1S/C14H19NO3/c1-10(16)8-15-5-4-11-6-13(17-2)14(18-3)7-12(11)9-15/h6-7H,4-5,8-9H2,1-3H3. The molecule has 98 valence electrons. The van der Waals surface area contributed by atoms with E-state index in [0.29, 0.717) is 6.54 Å². The highest BCUT2D eigenvalue weighted by Crippen LogP contribution is 2.33. The van der Waals surface area contributed by atoms with Gasteiger partial charge in [-0.2, -0.15) is 0 Å². The summed E-state index contributed by atoms with van der Waals surface area (Å²) in [7, 11) is 3.29. The lowest BCUT2D eigenvalue weighted by atomic mass is 9.98. The molecule has 2 rings (SSSR count). The Morgan fingerprint density at radius 3 is 2.39 bits per heavy atom. The van der Waals surface area contributed by atoms with Gasteiger partial charge in [0.2, 0.25) is 0 Å². The van der Waals surface area contributed by atoms with Crippen LogP contribution in [0.3, 0.4) is 0 Å². The first-order chi connectivity index (χ1) is 8.63. The van der Waals surface area contributed by atoms with Crippen LogP contribution >= 0.6 is 0 Å². The van der Waals surface area contributed by atoms with Crippen LogP contribution in [0.15, 0.2) is 12.1 Å². The molecule has 0 unspecified atom stereocenters. The van der Waals surface area contributed by atoms with E-state index in [9.17, 15) is 4.79 Å². The van der Waals surface area contributed by atoms with E-state index < -0.39 is 0 Å². The molecule has 0 saturated carbocycles. The summed E-state index contributed by atoms with van der Waals surface area (Å²) in [5.41, 5.74) is 2.51. The van der Waals surface area contributed by atoms with Gasteiger partial charge in [-0.15, -0.1) is 0 Å². The minimum absolute atomic E-state index is 0.207. The molecule has 0 aliphatic carbocycles. The number of rotatable bonds is 4. The molecule has 0 aromatic heterocycles. The molecule has 0 radical (unpaired) electrons. The zero-order valence-corrected chi connectivity index (χ0v) is 11.2. The van der Waals surface area contributed by atoms with E-state index >= 15 is 0 Å². The molecule has 1 heterocycles. The van der Waals surface area contributed by atoms with Crippen molar-refractivity contribution in [2.75, 3.05) is 27.3 Å². The van der Waals surface area contributed by atoms with Crippen molar-refractivity contribution in [3.63, 3.8) is 0 Å². The van der Waals surface area contributed by atoms with Gasteiger partial charge in [-0.05, 0) is 36.6 Å². The van der Waals surface area contributed by atoms with E-state index in [-0.39, 0.29) is 5.78 Å². The summed E-state index contributed by atoms with van der Waals surface area (Å²) >= 11 is 0. The maximum absolute atomic E-state index is 11.2. The predicted molar refractivity (Wildman–Crippen MR) is 69.2 cm³/mol. The monoisotopic (exact) mass is 249 g/mol. The summed E-state index contributed by atoms with van der Waals surface area (Å²) in [5, 5.41) is 0. The fourth-order valence-corrected chi connectivity index (χ4v) is 2.39. The Balaban J connectivity index is 2.24. The first-order valence-electron chi connectivity index (χ1n) is 6.09. The molecule has 0 fully saturated rings. The number of hydrogen-bond donors (Lipinski definition) is 0. The Morgan fingerprint density at radius 2 is 1.83 bits per heavy atom. The van der Waals surface area contributed by atoms with Gasteiger partial charge in [-0.1, -0.05) is 0 Å². The fourth-order valence-electron chi connectivity index (χ4n) is 2.39. The molecule has 1 aliphatic rings. The summed E-state index contributed by atoms with van der Waals surface area (Å²) in [6.45, 7) is 3.87. The zero-order chi connectivity index (χ0) is 13.1. The third-order valence-corrected chi connectivity index (χ3v) is 3.24. The lowest BCUT2D eigenvalue weighted by Crippen LogP contribution is -2.34. The predicted octanol–water partition coefficient (Wildman–Crippen LogP) is 1.65. The lowest BCUT2D eigenvalue weighted by Gasteiger charge is -2.28. The van der Waals surface area contributed by atoms with Crippen LogP contribution in [-0.2, 0) is 17.8 Å². The van der Waals surface area contributed by atoms with Gasteiger partial charge in [0, 0.05) is 13.1 Å². The van der Waals surface area contributed by atoms with Crippen molar-refractivity contribution in [1.29, 1.82) is 0 Å². The van der Waals surface area contributed by atoms with Crippen molar-refractivity contribution in [2.24, 2.45) is 0 Å². The molecule has 0 saturated heterocycles. The molecule has 4 nitrogen and oxygen atoms in total. The summed E-state index contributed by atoms with van der Waals surface area (Å²) in [6, 6.07) is 4.06. The van der Waals surface area contributed by atoms with Crippen molar-refractivity contribution < 1.29 is 14.3 Å². The molecule has 18 heavy (non-hydrogen) atoms. The van der Waals surface area contributed by atoms with Crippen LogP contribution in [0.4, 0.5) is 0 Å². The minimum atomic E-state index is 0.207.